The molecule has 0 aliphatic carbocycles. The molecule has 29 heavy (non-hydrogen) atoms. The Labute approximate surface area is 176 Å². The topological polar surface area (TPSA) is 46.9 Å². The predicted octanol–water partition coefficient (Wildman–Crippen LogP) is 5.75. The highest BCUT2D eigenvalue weighted by Gasteiger charge is 2.18. The maximum absolute atomic E-state index is 13.4. The summed E-state index contributed by atoms with van der Waals surface area (Å²) in [5, 5.41) is 2.99. The van der Waals surface area contributed by atoms with Crippen molar-refractivity contribution in [1.82, 2.24) is 9.55 Å². The van der Waals surface area contributed by atoms with Gasteiger partial charge in [-0.3, -0.25) is 4.79 Å². The van der Waals surface area contributed by atoms with Gasteiger partial charge in [0, 0.05) is 10.0 Å². The van der Waals surface area contributed by atoms with Crippen LogP contribution in [0.5, 0.6) is 0 Å². The van der Waals surface area contributed by atoms with E-state index in [0.717, 1.165) is 11.1 Å². The summed E-state index contributed by atoms with van der Waals surface area (Å²) in [6, 6.07) is 23.2. The van der Waals surface area contributed by atoms with Gasteiger partial charge in [-0.1, -0.05) is 42.5 Å². The maximum atomic E-state index is 13.4. The molecule has 0 saturated carbocycles. The summed E-state index contributed by atoms with van der Waals surface area (Å²) in [7, 11) is 0. The molecule has 0 unspecified atom stereocenters. The third kappa shape index (κ3) is 4.27. The van der Waals surface area contributed by atoms with Gasteiger partial charge >= 0.3 is 0 Å². The lowest BCUT2D eigenvalue weighted by molar-refractivity contribution is 0.102. The normalized spacial score (nSPS) is 10.7. The maximum Gasteiger partial charge on any atom is 0.257 e. The first kappa shape index (κ1) is 19.1. The molecule has 0 aliphatic rings. The van der Waals surface area contributed by atoms with Crippen molar-refractivity contribution in [1.29, 1.82) is 0 Å². The second-order valence-corrected chi connectivity index (χ2v) is 7.35. The van der Waals surface area contributed by atoms with E-state index in [9.17, 15) is 9.18 Å². The molecule has 1 amide bonds. The average Bonchev–Trinajstić information content (AvgIpc) is 3.11. The molecule has 144 valence electrons. The van der Waals surface area contributed by atoms with Gasteiger partial charge in [-0.05, 0) is 57.9 Å². The highest BCUT2D eigenvalue weighted by molar-refractivity contribution is 9.10. The van der Waals surface area contributed by atoms with E-state index in [1.165, 1.54) is 12.1 Å². The number of carbonyl (C=O) groups is 1. The van der Waals surface area contributed by atoms with Gasteiger partial charge in [-0.2, -0.15) is 0 Å². The van der Waals surface area contributed by atoms with Crippen LogP contribution in [-0.4, -0.2) is 15.5 Å². The van der Waals surface area contributed by atoms with E-state index in [-0.39, 0.29) is 11.7 Å². The first-order valence-corrected chi connectivity index (χ1v) is 9.82. The van der Waals surface area contributed by atoms with Crippen molar-refractivity contribution < 1.29 is 9.18 Å². The van der Waals surface area contributed by atoms with Crippen LogP contribution >= 0.6 is 15.9 Å². The van der Waals surface area contributed by atoms with Crippen LogP contribution in [0, 0.1) is 5.82 Å². The number of nitrogens with one attached hydrogen (secondary N) is 1. The number of imidazole rings is 1. The van der Waals surface area contributed by atoms with Crippen LogP contribution in [0.25, 0.3) is 11.3 Å². The summed E-state index contributed by atoms with van der Waals surface area (Å²) in [5.41, 5.74) is 2.90. The van der Waals surface area contributed by atoms with Gasteiger partial charge in [0.1, 0.15) is 17.3 Å². The molecule has 4 aromatic rings. The minimum absolute atomic E-state index is 0.254. The number of aromatic nitrogens is 2. The number of hydrogen-bond acceptors (Lipinski definition) is 2. The molecular weight excluding hydrogens is 433 g/mol. The van der Waals surface area contributed by atoms with E-state index in [1.54, 1.807) is 24.5 Å². The zero-order chi connectivity index (χ0) is 20.2. The van der Waals surface area contributed by atoms with Gasteiger partial charge in [0.15, 0.2) is 0 Å². The number of anilines is 1. The lowest BCUT2D eigenvalue weighted by Gasteiger charge is -2.13. The highest BCUT2D eigenvalue weighted by atomic mass is 79.9. The predicted molar refractivity (Wildman–Crippen MR) is 115 cm³/mol. The number of benzene rings is 3. The van der Waals surface area contributed by atoms with E-state index in [0.29, 0.717) is 28.1 Å². The summed E-state index contributed by atoms with van der Waals surface area (Å²) < 4.78 is 16.0. The molecule has 0 fully saturated rings. The molecule has 1 heterocycles. The van der Waals surface area contributed by atoms with Crippen molar-refractivity contribution in [3.8, 4) is 11.3 Å². The second kappa shape index (κ2) is 8.41. The molecule has 0 atom stereocenters. The molecule has 1 aromatic heterocycles. The van der Waals surface area contributed by atoms with Gasteiger partial charge in [-0.25, -0.2) is 9.37 Å². The van der Waals surface area contributed by atoms with Crippen LogP contribution in [0.15, 0.2) is 89.7 Å². The molecule has 4 nitrogen and oxygen atoms in total. The van der Waals surface area contributed by atoms with Crippen LogP contribution in [0.2, 0.25) is 0 Å². The highest BCUT2D eigenvalue weighted by Crippen LogP contribution is 2.29. The standard InChI is InChI=1S/C23H17BrFN3O/c24-20-9-5-4-8-19(20)23(29)27-22-21(17-10-12-18(25)13-11-17)26-15-28(22)14-16-6-2-1-3-7-16/h1-13,15H,14H2,(H,27,29). The SMILES string of the molecule is O=C(Nc1c(-c2ccc(F)cc2)ncn1Cc1ccccc1)c1ccccc1Br. The number of rotatable bonds is 5. The van der Waals surface area contributed by atoms with Crippen molar-refractivity contribution in [3.63, 3.8) is 0 Å². The van der Waals surface area contributed by atoms with Crippen molar-refractivity contribution in [2.75, 3.05) is 5.32 Å². The van der Waals surface area contributed by atoms with Crippen molar-refractivity contribution >= 4 is 27.7 Å². The van der Waals surface area contributed by atoms with Crippen molar-refractivity contribution in [2.45, 2.75) is 6.54 Å². The number of amides is 1. The van der Waals surface area contributed by atoms with Gasteiger partial charge < -0.3 is 9.88 Å². The molecule has 0 radical (unpaired) electrons. The quantitative estimate of drug-likeness (QED) is 0.421. The molecule has 3 aromatic carbocycles. The number of carbonyl (C=O) groups excluding carboxylic acids is 1. The summed E-state index contributed by atoms with van der Waals surface area (Å²) in [6.07, 6.45) is 1.68. The Kier molecular flexibility index (Phi) is 5.53. The third-order valence-corrected chi connectivity index (χ3v) is 5.19. The van der Waals surface area contributed by atoms with Gasteiger partial charge in [0.2, 0.25) is 0 Å². The molecule has 4 rings (SSSR count). The number of hydrogen-bond donors (Lipinski definition) is 1. The van der Waals surface area contributed by atoms with E-state index < -0.39 is 0 Å². The van der Waals surface area contributed by atoms with E-state index in [1.807, 2.05) is 53.1 Å². The summed E-state index contributed by atoms with van der Waals surface area (Å²) in [5.74, 6) is -0.0202. The monoisotopic (exact) mass is 449 g/mol. The molecule has 0 aliphatic heterocycles. The summed E-state index contributed by atoms with van der Waals surface area (Å²) in [6.45, 7) is 0.542. The fraction of sp³-hybridized carbons (Fsp3) is 0.0435. The fourth-order valence-electron chi connectivity index (χ4n) is 3.05. The van der Waals surface area contributed by atoms with Crippen LogP contribution in [0.4, 0.5) is 10.2 Å². The van der Waals surface area contributed by atoms with Gasteiger partial charge in [0.05, 0.1) is 18.4 Å². The fourth-order valence-corrected chi connectivity index (χ4v) is 3.52. The zero-order valence-electron chi connectivity index (χ0n) is 15.3. The Bertz CT molecular complexity index is 1140. The van der Waals surface area contributed by atoms with Crippen molar-refractivity contribution in [3.05, 3.63) is 107 Å². The van der Waals surface area contributed by atoms with E-state index in [2.05, 4.69) is 26.2 Å². The average molecular weight is 450 g/mol. The third-order valence-electron chi connectivity index (χ3n) is 4.50. The number of halogens is 2. The van der Waals surface area contributed by atoms with E-state index in [4.69, 9.17) is 0 Å². The first-order chi connectivity index (χ1) is 14.1. The molecule has 6 heteroatoms. The largest absolute Gasteiger partial charge is 0.312 e. The smallest absolute Gasteiger partial charge is 0.257 e. The van der Waals surface area contributed by atoms with Crippen molar-refractivity contribution in [2.24, 2.45) is 0 Å². The Hall–Kier alpha value is -3.25. The number of nitrogens with zero attached hydrogens (tertiary/aromatic N) is 2. The van der Waals surface area contributed by atoms with Crippen LogP contribution in [-0.2, 0) is 6.54 Å². The van der Waals surface area contributed by atoms with Crippen LogP contribution in [0.3, 0.4) is 0 Å². The molecular formula is C23H17BrFN3O. The second-order valence-electron chi connectivity index (χ2n) is 6.50. The molecule has 1 N–H and O–H groups in total. The van der Waals surface area contributed by atoms with Crippen LogP contribution in [0.1, 0.15) is 15.9 Å². The minimum atomic E-state index is -0.323. The molecule has 0 spiro atoms. The summed E-state index contributed by atoms with van der Waals surface area (Å²) in [4.78, 5) is 17.4. The van der Waals surface area contributed by atoms with Gasteiger partial charge in [-0.15, -0.1) is 0 Å². The molecule has 0 saturated heterocycles. The van der Waals surface area contributed by atoms with E-state index >= 15 is 0 Å². The zero-order valence-corrected chi connectivity index (χ0v) is 16.9. The Morgan fingerprint density at radius 1 is 0.966 bits per heavy atom. The van der Waals surface area contributed by atoms with Crippen LogP contribution < -0.4 is 5.32 Å². The summed E-state index contributed by atoms with van der Waals surface area (Å²) >= 11 is 3.42. The lowest BCUT2D eigenvalue weighted by atomic mass is 10.1. The lowest BCUT2D eigenvalue weighted by Crippen LogP contribution is -2.16. The minimum Gasteiger partial charge on any atom is -0.312 e. The Morgan fingerprint density at radius 3 is 2.38 bits per heavy atom. The Morgan fingerprint density at radius 2 is 1.66 bits per heavy atom. The Balaban J connectivity index is 1.74. The molecule has 0 bridgehead atoms. The van der Waals surface area contributed by atoms with Gasteiger partial charge in [0.25, 0.3) is 5.91 Å². The first-order valence-electron chi connectivity index (χ1n) is 9.02.